The van der Waals surface area contributed by atoms with Crippen LogP contribution < -0.4 is 5.32 Å². The van der Waals surface area contributed by atoms with Gasteiger partial charge in [0.25, 0.3) is 0 Å². The van der Waals surface area contributed by atoms with Crippen LogP contribution >= 0.6 is 0 Å². The van der Waals surface area contributed by atoms with E-state index >= 15 is 0 Å². The quantitative estimate of drug-likeness (QED) is 0.291. The smallest absolute Gasteiger partial charge is 0.334 e. The Kier molecular flexibility index (Phi) is 7.85. The van der Waals surface area contributed by atoms with Crippen molar-refractivity contribution >= 4 is 28.7 Å². The number of amides is 4. The summed E-state index contributed by atoms with van der Waals surface area (Å²) in [5.41, 5.74) is 3.82. The number of benzene rings is 3. The van der Waals surface area contributed by atoms with Crippen molar-refractivity contribution in [1.82, 2.24) is 35.3 Å². The van der Waals surface area contributed by atoms with Gasteiger partial charge in [0.2, 0.25) is 11.8 Å². The molecule has 4 heterocycles. The van der Waals surface area contributed by atoms with Gasteiger partial charge in [-0.25, -0.2) is 14.2 Å². The summed E-state index contributed by atoms with van der Waals surface area (Å²) in [5, 5.41) is 11.2. The van der Waals surface area contributed by atoms with Gasteiger partial charge in [0, 0.05) is 36.3 Å². The molecule has 5 aromatic rings. The van der Waals surface area contributed by atoms with Gasteiger partial charge in [-0.2, -0.15) is 5.01 Å². The number of urea groups is 1. The van der Waals surface area contributed by atoms with Crippen molar-refractivity contribution in [2.45, 2.75) is 25.8 Å². The fourth-order valence-electron chi connectivity index (χ4n) is 5.96. The highest BCUT2D eigenvalue weighted by Crippen LogP contribution is 2.28. The number of nitrogens with zero attached hydrogens (tertiary/aromatic N) is 6. The molecular formula is C34H30FN7O4. The first-order valence-electron chi connectivity index (χ1n) is 14.9. The summed E-state index contributed by atoms with van der Waals surface area (Å²) in [6, 6.07) is 26.3. The van der Waals surface area contributed by atoms with E-state index in [9.17, 15) is 18.8 Å². The molecule has 0 radical (unpaired) electrons. The van der Waals surface area contributed by atoms with Crippen molar-refractivity contribution in [2.24, 2.45) is 0 Å². The summed E-state index contributed by atoms with van der Waals surface area (Å²) in [7, 11) is 0. The first kappa shape index (κ1) is 29.1. The molecule has 46 heavy (non-hydrogen) atoms. The summed E-state index contributed by atoms with van der Waals surface area (Å²) in [6.45, 7) is 0.431. The van der Waals surface area contributed by atoms with Gasteiger partial charge < -0.3 is 19.6 Å². The van der Waals surface area contributed by atoms with E-state index in [-0.39, 0.29) is 50.4 Å². The van der Waals surface area contributed by atoms with E-state index in [0.29, 0.717) is 23.6 Å². The predicted molar refractivity (Wildman–Crippen MR) is 165 cm³/mol. The standard InChI is InChI=1S/C34H30FN7O4/c35-26-13-11-24(12-14-26)30-16-27(46-38-30)19-40-21-33(44)41-22-32(43)39(18-25-8-4-10-29-28(25)9-5-15-36-29)20-31(41)42(40)34(45)37-17-23-6-2-1-3-7-23/h1-16,31H,17-22H2,(H,37,45). The summed E-state index contributed by atoms with van der Waals surface area (Å²) < 4.78 is 19.1. The number of hydrogen-bond donors (Lipinski definition) is 1. The molecule has 11 nitrogen and oxygen atoms in total. The Labute approximate surface area is 263 Å². The second kappa shape index (κ2) is 12.4. The van der Waals surface area contributed by atoms with Crippen LogP contribution in [0.25, 0.3) is 22.2 Å². The molecule has 2 aromatic heterocycles. The van der Waals surface area contributed by atoms with E-state index < -0.39 is 12.2 Å². The van der Waals surface area contributed by atoms with Gasteiger partial charge in [0.15, 0.2) is 5.76 Å². The van der Waals surface area contributed by atoms with Crippen LogP contribution in [-0.4, -0.2) is 73.6 Å². The van der Waals surface area contributed by atoms with Crippen LogP contribution in [0.2, 0.25) is 0 Å². The number of pyridine rings is 1. The van der Waals surface area contributed by atoms with Crippen molar-refractivity contribution < 1.29 is 23.3 Å². The van der Waals surface area contributed by atoms with Crippen LogP contribution in [0.1, 0.15) is 16.9 Å². The lowest BCUT2D eigenvalue weighted by molar-refractivity contribution is -0.184. The largest absolute Gasteiger partial charge is 0.359 e. The highest BCUT2D eigenvalue weighted by atomic mass is 19.1. The average molecular weight is 620 g/mol. The molecule has 2 saturated heterocycles. The summed E-state index contributed by atoms with van der Waals surface area (Å²) in [5.74, 6) is -0.438. The number of hydrogen-bond acceptors (Lipinski definition) is 7. The van der Waals surface area contributed by atoms with E-state index in [1.54, 1.807) is 34.3 Å². The molecule has 232 valence electrons. The van der Waals surface area contributed by atoms with Gasteiger partial charge in [0.1, 0.15) is 24.2 Å². The molecule has 2 fully saturated rings. The van der Waals surface area contributed by atoms with E-state index in [1.807, 2.05) is 60.7 Å². The minimum absolute atomic E-state index is 0.0615. The van der Waals surface area contributed by atoms with Gasteiger partial charge in [0.05, 0.1) is 25.2 Å². The van der Waals surface area contributed by atoms with Gasteiger partial charge in [-0.3, -0.25) is 14.6 Å². The Balaban J connectivity index is 1.17. The van der Waals surface area contributed by atoms with Crippen LogP contribution in [-0.2, 0) is 29.2 Å². The van der Waals surface area contributed by atoms with Gasteiger partial charge in [-0.05, 0) is 47.5 Å². The third kappa shape index (κ3) is 5.89. The molecule has 0 spiro atoms. The second-order valence-electron chi connectivity index (χ2n) is 11.3. The molecule has 1 unspecified atom stereocenters. The van der Waals surface area contributed by atoms with Crippen molar-refractivity contribution in [3.05, 3.63) is 120 Å². The number of carbonyl (C=O) groups is 3. The highest BCUT2D eigenvalue weighted by molar-refractivity contribution is 5.89. The molecule has 0 saturated carbocycles. The monoisotopic (exact) mass is 619 g/mol. The number of aromatic nitrogens is 2. The number of nitrogens with one attached hydrogen (secondary N) is 1. The molecule has 7 rings (SSSR count). The Bertz CT molecular complexity index is 1890. The van der Waals surface area contributed by atoms with Gasteiger partial charge in [-0.15, -0.1) is 0 Å². The number of piperazine rings is 1. The van der Waals surface area contributed by atoms with Crippen LogP contribution in [0.15, 0.2) is 102 Å². The second-order valence-corrected chi connectivity index (χ2v) is 11.3. The number of fused-ring (bicyclic) bond motifs is 2. The molecular weight excluding hydrogens is 589 g/mol. The van der Waals surface area contributed by atoms with E-state index in [2.05, 4.69) is 15.5 Å². The zero-order valence-corrected chi connectivity index (χ0v) is 24.8. The zero-order valence-electron chi connectivity index (χ0n) is 24.8. The number of halogens is 1. The maximum atomic E-state index is 14.0. The number of carbonyl (C=O) groups excluding carboxylic acids is 3. The van der Waals surface area contributed by atoms with Crippen molar-refractivity contribution in [1.29, 1.82) is 0 Å². The maximum absolute atomic E-state index is 14.0. The first-order valence-corrected chi connectivity index (χ1v) is 14.9. The fourth-order valence-corrected chi connectivity index (χ4v) is 5.96. The Morgan fingerprint density at radius 3 is 2.57 bits per heavy atom. The Morgan fingerprint density at radius 2 is 1.74 bits per heavy atom. The molecule has 3 aromatic carbocycles. The molecule has 1 N–H and O–H groups in total. The summed E-state index contributed by atoms with van der Waals surface area (Å²) >= 11 is 0. The van der Waals surface area contributed by atoms with Crippen LogP contribution in [0.3, 0.4) is 0 Å². The van der Waals surface area contributed by atoms with Crippen LogP contribution in [0.5, 0.6) is 0 Å². The maximum Gasteiger partial charge on any atom is 0.334 e. The highest BCUT2D eigenvalue weighted by Gasteiger charge is 2.47. The SMILES string of the molecule is O=C1CN2C(=O)CN(Cc3cc(-c4ccc(F)cc4)no3)N(C(=O)NCc3ccccc3)C2CN1Cc1cccc2ncccc12. The van der Waals surface area contributed by atoms with E-state index in [1.165, 1.54) is 22.0 Å². The molecule has 2 aliphatic rings. The Morgan fingerprint density at radius 1 is 0.913 bits per heavy atom. The topological polar surface area (TPSA) is 115 Å². The van der Waals surface area contributed by atoms with Crippen molar-refractivity contribution in [2.75, 3.05) is 19.6 Å². The van der Waals surface area contributed by atoms with E-state index in [0.717, 1.165) is 22.0 Å². The van der Waals surface area contributed by atoms with E-state index in [4.69, 9.17) is 4.52 Å². The van der Waals surface area contributed by atoms with Gasteiger partial charge >= 0.3 is 6.03 Å². The molecule has 1 atom stereocenters. The predicted octanol–water partition coefficient (Wildman–Crippen LogP) is 4.17. The van der Waals surface area contributed by atoms with Crippen molar-refractivity contribution in [3.8, 4) is 11.3 Å². The van der Waals surface area contributed by atoms with Crippen molar-refractivity contribution in [3.63, 3.8) is 0 Å². The zero-order chi connectivity index (χ0) is 31.6. The molecule has 4 amide bonds. The Hall–Kier alpha value is -5.62. The van der Waals surface area contributed by atoms with Crippen LogP contribution in [0.4, 0.5) is 9.18 Å². The minimum Gasteiger partial charge on any atom is -0.359 e. The number of rotatable bonds is 7. The van der Waals surface area contributed by atoms with Gasteiger partial charge in [-0.1, -0.05) is 53.7 Å². The molecule has 0 bridgehead atoms. The normalized spacial score (nSPS) is 17.0. The molecule has 12 heteroatoms. The fraction of sp³-hybridized carbons (Fsp3) is 0.206. The summed E-state index contributed by atoms with van der Waals surface area (Å²) in [6.07, 6.45) is 0.962. The minimum atomic E-state index is -0.762. The third-order valence-corrected chi connectivity index (χ3v) is 8.26. The average Bonchev–Trinajstić information content (AvgIpc) is 3.54. The molecule has 0 aliphatic carbocycles. The van der Waals surface area contributed by atoms with Crippen LogP contribution in [0, 0.1) is 5.82 Å². The lowest BCUT2D eigenvalue weighted by Gasteiger charge is -2.52. The first-order chi connectivity index (χ1) is 22.4. The lowest BCUT2D eigenvalue weighted by Crippen LogP contribution is -2.73. The summed E-state index contributed by atoms with van der Waals surface area (Å²) in [4.78, 5) is 48.4. The molecule has 2 aliphatic heterocycles. The number of hydrazine groups is 1. The lowest BCUT2D eigenvalue weighted by atomic mass is 10.1. The third-order valence-electron chi connectivity index (χ3n) is 8.26.